The minimum absolute atomic E-state index is 0.0414. The van der Waals surface area contributed by atoms with Gasteiger partial charge in [0.05, 0.1) is 24.9 Å². The van der Waals surface area contributed by atoms with E-state index in [9.17, 15) is 24.9 Å². The van der Waals surface area contributed by atoms with Gasteiger partial charge in [0.1, 0.15) is 5.75 Å². The number of nitrogens with one attached hydrogen (secondary N) is 1. The summed E-state index contributed by atoms with van der Waals surface area (Å²) in [6.07, 6.45) is -2.25. The molecule has 1 aliphatic rings. The van der Waals surface area contributed by atoms with Crippen molar-refractivity contribution in [3.63, 3.8) is 0 Å². The van der Waals surface area contributed by atoms with Gasteiger partial charge in [-0.25, -0.2) is 0 Å². The van der Waals surface area contributed by atoms with Crippen LogP contribution < -0.4 is 5.32 Å². The molecule has 1 fully saturated rings. The Hall–Kier alpha value is -4.58. The number of amides is 1. The third kappa shape index (κ3) is 9.97. The number of benzene rings is 4. The quantitative estimate of drug-likeness (QED) is 0.139. The lowest BCUT2D eigenvalue weighted by atomic mass is 9.98. The van der Waals surface area contributed by atoms with E-state index in [2.05, 4.69) is 5.32 Å². The first kappa shape index (κ1) is 35.7. The Morgan fingerprint density at radius 3 is 2.35 bits per heavy atom. The molecule has 1 aliphatic heterocycles. The number of carbonyl (C=O) groups excluding carboxylic acids is 2. The number of carbonyl (C=O) groups is 2. The van der Waals surface area contributed by atoms with Crippen molar-refractivity contribution >= 4 is 11.9 Å². The van der Waals surface area contributed by atoms with E-state index >= 15 is 0 Å². The van der Waals surface area contributed by atoms with Gasteiger partial charge in [0.2, 0.25) is 0 Å². The van der Waals surface area contributed by atoms with Gasteiger partial charge in [-0.2, -0.15) is 0 Å². The topological polar surface area (TPSA) is 138 Å². The summed E-state index contributed by atoms with van der Waals surface area (Å²) in [6, 6.07) is 30.2. The molecule has 258 valence electrons. The van der Waals surface area contributed by atoms with E-state index < -0.39 is 24.5 Å². The third-order valence-corrected chi connectivity index (χ3v) is 8.47. The predicted molar refractivity (Wildman–Crippen MR) is 184 cm³/mol. The van der Waals surface area contributed by atoms with E-state index in [1.807, 2.05) is 84.7 Å². The molecule has 0 radical (unpaired) electrons. The van der Waals surface area contributed by atoms with Crippen molar-refractivity contribution in [1.82, 2.24) is 10.2 Å². The second-order valence-electron chi connectivity index (χ2n) is 12.5. The number of phenols is 1. The lowest BCUT2D eigenvalue weighted by Crippen LogP contribution is -2.39. The van der Waals surface area contributed by atoms with Crippen LogP contribution in [-0.2, 0) is 37.0 Å². The Kier molecular flexibility index (Phi) is 12.2. The molecule has 1 saturated heterocycles. The van der Waals surface area contributed by atoms with Crippen LogP contribution >= 0.6 is 0 Å². The molecule has 49 heavy (non-hydrogen) atoms. The minimum atomic E-state index is -0.878. The van der Waals surface area contributed by atoms with Gasteiger partial charge in [0.25, 0.3) is 5.91 Å². The van der Waals surface area contributed by atoms with Crippen LogP contribution in [0.25, 0.3) is 11.1 Å². The third-order valence-electron chi connectivity index (χ3n) is 8.47. The summed E-state index contributed by atoms with van der Waals surface area (Å²) < 4.78 is 18.1. The average molecular weight is 669 g/mol. The Bertz CT molecular complexity index is 1710. The zero-order valence-electron chi connectivity index (χ0n) is 28.0. The van der Waals surface area contributed by atoms with Crippen molar-refractivity contribution in [2.24, 2.45) is 0 Å². The maximum atomic E-state index is 12.4. The SMILES string of the molecule is CC(=O)O[C@@H](C)C(=O)NCc1cccc(-c2cccc([C@@H]3O[C@H](CN(C)C[C@@H](O)c4cccc(O)c4)C[C@H](c4ccc(CO)cc4)O3)c2)c1. The number of aliphatic hydroxyl groups is 2. The van der Waals surface area contributed by atoms with Crippen LogP contribution in [0.2, 0.25) is 0 Å². The fourth-order valence-electron chi connectivity index (χ4n) is 5.95. The number of phenolic OH excluding ortho intramolecular Hbond substituents is 1. The fourth-order valence-corrected chi connectivity index (χ4v) is 5.95. The normalized spacial score (nSPS) is 18.9. The molecule has 10 heteroatoms. The molecule has 0 saturated carbocycles. The monoisotopic (exact) mass is 668 g/mol. The number of esters is 1. The number of rotatable bonds is 13. The van der Waals surface area contributed by atoms with Gasteiger partial charge in [-0.1, -0.05) is 72.8 Å². The Morgan fingerprint density at radius 2 is 1.63 bits per heavy atom. The summed E-state index contributed by atoms with van der Waals surface area (Å²) in [4.78, 5) is 25.6. The lowest BCUT2D eigenvalue weighted by molar-refractivity contribution is -0.252. The fraction of sp³-hybridized carbons (Fsp3) is 0.333. The number of nitrogens with zero attached hydrogens (tertiary/aromatic N) is 1. The van der Waals surface area contributed by atoms with Gasteiger partial charge in [-0.05, 0) is 71.6 Å². The van der Waals surface area contributed by atoms with Crippen LogP contribution in [0.3, 0.4) is 0 Å². The molecule has 10 nitrogen and oxygen atoms in total. The molecule has 0 aromatic heterocycles. The van der Waals surface area contributed by atoms with Crippen LogP contribution in [0, 0.1) is 0 Å². The van der Waals surface area contributed by atoms with Crippen LogP contribution in [0.15, 0.2) is 97.1 Å². The summed E-state index contributed by atoms with van der Waals surface area (Å²) in [5, 5.41) is 33.1. The largest absolute Gasteiger partial charge is 0.508 e. The molecular weight excluding hydrogens is 624 g/mol. The van der Waals surface area contributed by atoms with Crippen LogP contribution in [-0.4, -0.2) is 64.4 Å². The Labute approximate surface area is 286 Å². The lowest BCUT2D eigenvalue weighted by Gasteiger charge is -2.38. The molecule has 1 amide bonds. The Balaban J connectivity index is 1.32. The van der Waals surface area contributed by atoms with Crippen LogP contribution in [0.4, 0.5) is 0 Å². The van der Waals surface area contributed by atoms with Crippen LogP contribution in [0.1, 0.15) is 66.6 Å². The van der Waals surface area contributed by atoms with Gasteiger partial charge in [-0.15, -0.1) is 0 Å². The molecule has 4 aromatic carbocycles. The van der Waals surface area contributed by atoms with Gasteiger partial charge in [0.15, 0.2) is 12.4 Å². The molecular formula is C39H44N2O8. The summed E-state index contributed by atoms with van der Waals surface area (Å²) >= 11 is 0. The highest BCUT2D eigenvalue weighted by Crippen LogP contribution is 2.39. The number of likely N-dealkylation sites (N-methyl/N-ethyl adjacent to an activating group) is 1. The molecule has 1 heterocycles. The van der Waals surface area contributed by atoms with Crippen molar-refractivity contribution in [1.29, 1.82) is 0 Å². The van der Waals surface area contributed by atoms with Crippen LogP contribution in [0.5, 0.6) is 5.75 Å². The summed E-state index contributed by atoms with van der Waals surface area (Å²) in [5.74, 6) is -0.774. The van der Waals surface area contributed by atoms with Crippen molar-refractivity contribution in [3.8, 4) is 16.9 Å². The molecule has 4 aromatic rings. The molecule has 0 unspecified atom stereocenters. The number of aromatic hydroxyl groups is 1. The minimum Gasteiger partial charge on any atom is -0.508 e. The second kappa shape index (κ2) is 16.7. The highest BCUT2D eigenvalue weighted by molar-refractivity contribution is 5.82. The molecule has 0 bridgehead atoms. The number of ether oxygens (including phenoxy) is 3. The zero-order valence-corrected chi connectivity index (χ0v) is 28.0. The summed E-state index contributed by atoms with van der Waals surface area (Å²) in [6.45, 7) is 3.92. The summed E-state index contributed by atoms with van der Waals surface area (Å²) in [5.41, 5.74) is 6.06. The molecule has 0 spiro atoms. The van der Waals surface area contributed by atoms with Gasteiger partial charge in [0, 0.05) is 38.5 Å². The van der Waals surface area contributed by atoms with Crippen molar-refractivity contribution in [2.45, 2.75) is 64.1 Å². The highest BCUT2D eigenvalue weighted by Gasteiger charge is 2.33. The molecule has 0 aliphatic carbocycles. The smallest absolute Gasteiger partial charge is 0.303 e. The zero-order chi connectivity index (χ0) is 34.9. The molecule has 5 rings (SSSR count). The first-order valence-corrected chi connectivity index (χ1v) is 16.4. The van der Waals surface area contributed by atoms with E-state index in [0.29, 0.717) is 25.1 Å². The van der Waals surface area contributed by atoms with E-state index in [0.717, 1.165) is 33.4 Å². The van der Waals surface area contributed by atoms with E-state index in [4.69, 9.17) is 14.2 Å². The van der Waals surface area contributed by atoms with Crippen molar-refractivity contribution in [2.75, 3.05) is 20.1 Å². The maximum absolute atomic E-state index is 12.4. The van der Waals surface area contributed by atoms with Gasteiger partial charge in [-0.3, -0.25) is 9.59 Å². The highest BCUT2D eigenvalue weighted by atomic mass is 16.7. The van der Waals surface area contributed by atoms with E-state index in [-0.39, 0.29) is 37.0 Å². The van der Waals surface area contributed by atoms with Gasteiger partial charge >= 0.3 is 5.97 Å². The standard InChI is InChI=1S/C39H44N2O8/c1-25(47-26(2)43)38(46)40-21-28-7-4-8-30(17-28)31-9-5-11-33(18-31)39-48-35(20-37(49-39)29-15-13-27(24-42)14-16-29)22-41(3)23-36(45)32-10-6-12-34(44)19-32/h4-19,25,35-37,39,42,44-45H,20-24H2,1-3H3,(H,40,46)/t25-,35-,36+,37+,39+/m0/s1. The predicted octanol–water partition coefficient (Wildman–Crippen LogP) is 5.33. The Morgan fingerprint density at radius 1 is 0.918 bits per heavy atom. The van der Waals surface area contributed by atoms with E-state index in [1.165, 1.54) is 13.8 Å². The van der Waals surface area contributed by atoms with Crippen molar-refractivity contribution in [3.05, 3.63) is 125 Å². The first-order chi connectivity index (χ1) is 23.6. The number of aliphatic hydroxyl groups excluding tert-OH is 2. The second-order valence-corrected chi connectivity index (χ2v) is 12.5. The first-order valence-electron chi connectivity index (χ1n) is 16.4. The summed E-state index contributed by atoms with van der Waals surface area (Å²) in [7, 11) is 1.93. The maximum Gasteiger partial charge on any atom is 0.303 e. The molecule has 4 N–H and O–H groups in total. The number of hydrogen-bond acceptors (Lipinski definition) is 9. The van der Waals surface area contributed by atoms with E-state index in [1.54, 1.807) is 24.3 Å². The molecule has 5 atom stereocenters. The van der Waals surface area contributed by atoms with Crippen molar-refractivity contribution < 1.29 is 39.1 Å². The number of hydrogen-bond donors (Lipinski definition) is 4. The average Bonchev–Trinajstić information content (AvgIpc) is 3.10. The van der Waals surface area contributed by atoms with Gasteiger partial charge < -0.3 is 39.7 Å².